The molecule has 0 radical (unpaired) electrons. The van der Waals surface area contributed by atoms with Gasteiger partial charge < -0.3 is 9.84 Å². The summed E-state index contributed by atoms with van der Waals surface area (Å²) in [5, 5.41) is 9.55. The van der Waals surface area contributed by atoms with Gasteiger partial charge in [-0.05, 0) is 29.8 Å². The molecule has 0 aromatic heterocycles. The van der Waals surface area contributed by atoms with Crippen LogP contribution >= 0.6 is 11.6 Å². The first-order valence-electron chi connectivity index (χ1n) is 5.81. The third-order valence-electron chi connectivity index (χ3n) is 2.61. The third kappa shape index (κ3) is 3.56. The van der Waals surface area contributed by atoms with Crippen molar-refractivity contribution in [1.29, 1.82) is 0 Å². The summed E-state index contributed by atoms with van der Waals surface area (Å²) in [5.74, 6) is 0.100. The van der Waals surface area contributed by atoms with Crippen LogP contribution in [0, 0.1) is 0 Å². The molecule has 0 amide bonds. The van der Waals surface area contributed by atoms with E-state index in [4.69, 9.17) is 21.4 Å². The summed E-state index contributed by atoms with van der Waals surface area (Å²) in [6.45, 7) is -0.214. The number of carbonyl (C=O) groups is 1. The lowest BCUT2D eigenvalue weighted by Gasteiger charge is -2.10. The Kier molecular flexibility index (Phi) is 4.55. The van der Waals surface area contributed by atoms with Gasteiger partial charge in [0.15, 0.2) is 5.78 Å². The van der Waals surface area contributed by atoms with Crippen molar-refractivity contribution in [2.75, 3.05) is 6.61 Å². The highest BCUT2D eigenvalue weighted by Crippen LogP contribution is 2.20. The number of Topliss-reactive ketones (excluding diaryl/α,β-unsaturated/α-hetero) is 1. The van der Waals surface area contributed by atoms with Crippen molar-refractivity contribution >= 4 is 17.4 Å². The van der Waals surface area contributed by atoms with E-state index in [2.05, 4.69) is 0 Å². The highest BCUT2D eigenvalue weighted by molar-refractivity contribution is 6.30. The van der Waals surface area contributed by atoms with Crippen molar-refractivity contribution in [2.24, 2.45) is 0 Å². The van der Waals surface area contributed by atoms with Crippen LogP contribution in [0.15, 0.2) is 48.5 Å². The second-order valence-corrected chi connectivity index (χ2v) is 4.43. The van der Waals surface area contributed by atoms with E-state index < -0.39 is 6.61 Å². The van der Waals surface area contributed by atoms with E-state index in [9.17, 15) is 4.79 Å². The van der Waals surface area contributed by atoms with E-state index in [-0.39, 0.29) is 5.78 Å². The van der Waals surface area contributed by atoms with Crippen molar-refractivity contribution < 1.29 is 14.6 Å². The molecule has 0 atom stereocenters. The number of ether oxygens (including phenoxy) is 1. The molecule has 2 rings (SSSR count). The van der Waals surface area contributed by atoms with Gasteiger partial charge in [-0.25, -0.2) is 0 Å². The minimum atomic E-state index is -0.530. The molecule has 19 heavy (non-hydrogen) atoms. The van der Waals surface area contributed by atoms with Crippen molar-refractivity contribution in [3.8, 4) is 5.75 Å². The summed E-state index contributed by atoms with van der Waals surface area (Å²) in [6, 6.07) is 14.2. The monoisotopic (exact) mass is 276 g/mol. The molecule has 2 aromatic carbocycles. The Bertz CT molecular complexity index is 581. The van der Waals surface area contributed by atoms with E-state index in [0.717, 1.165) is 5.56 Å². The highest BCUT2D eigenvalue weighted by atomic mass is 35.5. The van der Waals surface area contributed by atoms with Gasteiger partial charge >= 0.3 is 0 Å². The fraction of sp³-hybridized carbons (Fsp3) is 0.133. The molecule has 3 nitrogen and oxygen atoms in total. The number of aliphatic hydroxyl groups is 1. The first kappa shape index (κ1) is 13.6. The summed E-state index contributed by atoms with van der Waals surface area (Å²) in [6.07, 6.45) is 0. The normalized spacial score (nSPS) is 10.2. The van der Waals surface area contributed by atoms with Crippen LogP contribution < -0.4 is 4.74 Å². The standard InChI is InChI=1S/C15H13ClO3/c16-12-5-3-4-11(8-12)10-19-15-7-2-1-6-13(15)14(18)9-17/h1-8,17H,9-10H2. The van der Waals surface area contributed by atoms with Crippen molar-refractivity contribution in [1.82, 2.24) is 0 Å². The molecule has 4 heteroatoms. The molecule has 0 aliphatic heterocycles. The fourth-order valence-corrected chi connectivity index (χ4v) is 1.91. The van der Waals surface area contributed by atoms with Crippen molar-refractivity contribution in [2.45, 2.75) is 6.61 Å². The van der Waals surface area contributed by atoms with E-state index >= 15 is 0 Å². The quantitative estimate of drug-likeness (QED) is 0.854. The number of ketones is 1. The largest absolute Gasteiger partial charge is 0.488 e. The number of aliphatic hydroxyl groups excluding tert-OH is 1. The zero-order valence-electron chi connectivity index (χ0n) is 10.2. The summed E-state index contributed by atoms with van der Waals surface area (Å²) >= 11 is 5.89. The predicted molar refractivity (Wildman–Crippen MR) is 73.6 cm³/mol. The smallest absolute Gasteiger partial charge is 0.191 e. The van der Waals surface area contributed by atoms with Crippen LogP contribution in [0.3, 0.4) is 0 Å². The minimum absolute atomic E-state index is 0.316. The Labute approximate surface area is 116 Å². The number of rotatable bonds is 5. The number of hydrogen-bond acceptors (Lipinski definition) is 3. The van der Waals surface area contributed by atoms with Gasteiger partial charge in [-0.1, -0.05) is 35.9 Å². The maximum atomic E-state index is 11.5. The van der Waals surface area contributed by atoms with Gasteiger partial charge in [0, 0.05) is 5.02 Å². The average molecular weight is 277 g/mol. The molecular formula is C15H13ClO3. The van der Waals surface area contributed by atoms with Crippen LogP contribution in [0.5, 0.6) is 5.75 Å². The van der Waals surface area contributed by atoms with Gasteiger partial charge in [-0.2, -0.15) is 0 Å². The van der Waals surface area contributed by atoms with Crippen LogP contribution in [0.4, 0.5) is 0 Å². The zero-order chi connectivity index (χ0) is 13.7. The molecule has 0 aliphatic rings. The molecule has 2 aromatic rings. The van der Waals surface area contributed by atoms with Gasteiger partial charge in [0.05, 0.1) is 5.56 Å². The summed E-state index contributed by atoms with van der Waals surface area (Å²) < 4.78 is 5.61. The molecular weight excluding hydrogens is 264 g/mol. The second kappa shape index (κ2) is 6.36. The highest BCUT2D eigenvalue weighted by Gasteiger charge is 2.10. The maximum Gasteiger partial charge on any atom is 0.191 e. The van der Waals surface area contributed by atoms with Crippen LogP contribution in [-0.2, 0) is 6.61 Å². The maximum absolute atomic E-state index is 11.5. The van der Waals surface area contributed by atoms with Crippen LogP contribution in [0.1, 0.15) is 15.9 Å². The molecule has 0 unspecified atom stereocenters. The second-order valence-electron chi connectivity index (χ2n) is 4.00. The molecule has 0 aliphatic carbocycles. The Hall–Kier alpha value is -1.84. The van der Waals surface area contributed by atoms with E-state index in [1.165, 1.54) is 0 Å². The van der Waals surface area contributed by atoms with Crippen LogP contribution in [0.2, 0.25) is 5.02 Å². The lowest BCUT2D eigenvalue weighted by Crippen LogP contribution is -2.07. The first-order valence-corrected chi connectivity index (χ1v) is 6.19. The SMILES string of the molecule is O=C(CO)c1ccccc1OCc1cccc(Cl)c1. The molecule has 0 fully saturated rings. The summed E-state index contributed by atoms with van der Waals surface area (Å²) in [7, 11) is 0. The molecule has 0 bridgehead atoms. The summed E-state index contributed by atoms with van der Waals surface area (Å²) in [4.78, 5) is 11.5. The number of para-hydroxylation sites is 1. The van der Waals surface area contributed by atoms with Crippen molar-refractivity contribution in [3.63, 3.8) is 0 Å². The fourth-order valence-electron chi connectivity index (χ4n) is 1.70. The Balaban J connectivity index is 2.13. The van der Waals surface area contributed by atoms with Gasteiger partial charge in [-0.3, -0.25) is 4.79 Å². The lowest BCUT2D eigenvalue weighted by atomic mass is 10.1. The molecule has 0 saturated carbocycles. The van der Waals surface area contributed by atoms with E-state index in [1.54, 1.807) is 36.4 Å². The Morgan fingerprint density at radius 2 is 1.95 bits per heavy atom. The van der Waals surface area contributed by atoms with E-state index in [0.29, 0.717) is 22.9 Å². The lowest BCUT2D eigenvalue weighted by molar-refractivity contribution is 0.0899. The topological polar surface area (TPSA) is 46.5 Å². The zero-order valence-corrected chi connectivity index (χ0v) is 10.9. The molecule has 0 saturated heterocycles. The van der Waals surface area contributed by atoms with Crippen LogP contribution in [0.25, 0.3) is 0 Å². The molecule has 0 heterocycles. The number of hydrogen-bond donors (Lipinski definition) is 1. The summed E-state index contributed by atoms with van der Waals surface area (Å²) in [5.41, 5.74) is 1.30. The molecule has 0 spiro atoms. The average Bonchev–Trinajstić information content (AvgIpc) is 2.45. The number of carbonyl (C=O) groups excluding carboxylic acids is 1. The number of halogens is 1. The van der Waals surface area contributed by atoms with Crippen LogP contribution in [-0.4, -0.2) is 17.5 Å². The predicted octanol–water partition coefficient (Wildman–Crippen LogP) is 3.09. The number of benzene rings is 2. The Morgan fingerprint density at radius 3 is 2.68 bits per heavy atom. The minimum Gasteiger partial charge on any atom is -0.488 e. The third-order valence-corrected chi connectivity index (χ3v) is 2.85. The molecule has 98 valence electrons. The van der Waals surface area contributed by atoms with Gasteiger partial charge in [-0.15, -0.1) is 0 Å². The first-order chi connectivity index (χ1) is 9.20. The molecule has 1 N–H and O–H groups in total. The van der Waals surface area contributed by atoms with E-state index in [1.807, 2.05) is 12.1 Å². The van der Waals surface area contributed by atoms with Gasteiger partial charge in [0.25, 0.3) is 0 Å². The Morgan fingerprint density at radius 1 is 1.16 bits per heavy atom. The van der Waals surface area contributed by atoms with Crippen molar-refractivity contribution in [3.05, 3.63) is 64.7 Å². The van der Waals surface area contributed by atoms with Gasteiger partial charge in [0.1, 0.15) is 19.0 Å². The van der Waals surface area contributed by atoms with Gasteiger partial charge in [0.2, 0.25) is 0 Å².